The first kappa shape index (κ1) is 14.0. The lowest BCUT2D eigenvalue weighted by Crippen LogP contribution is -2.18. The van der Waals surface area contributed by atoms with Gasteiger partial charge in [0.05, 0.1) is 12.8 Å². The molecule has 0 heterocycles. The van der Waals surface area contributed by atoms with Crippen molar-refractivity contribution < 1.29 is 14.4 Å². The van der Waals surface area contributed by atoms with Gasteiger partial charge >= 0.3 is 6.16 Å². The molecule has 0 saturated heterocycles. The number of hydrogen-bond donors (Lipinski definition) is 0. The molecule has 4 nitrogen and oxygen atoms in total. The van der Waals surface area contributed by atoms with Crippen LogP contribution in [0.4, 0.5) is 4.79 Å². The Hall–Kier alpha value is -1.000. The molecule has 0 aromatic rings. The lowest BCUT2D eigenvalue weighted by atomic mass is 9.81. The molecule has 0 amide bonds. The molecule has 3 rings (SSSR count). The number of carbonyl (C=O) groups excluding carboxylic acids is 1. The zero-order valence-electron chi connectivity index (χ0n) is 11.1. The molecule has 2 unspecified atom stereocenters. The van der Waals surface area contributed by atoms with E-state index in [0.717, 1.165) is 43.4 Å². The first-order chi connectivity index (χ1) is 9.63. The fourth-order valence-corrected chi connectivity index (χ4v) is 4.25. The smallest absolute Gasteiger partial charge is 0.436 e. The van der Waals surface area contributed by atoms with Crippen molar-refractivity contribution in [2.75, 3.05) is 7.11 Å². The van der Waals surface area contributed by atoms with Crippen molar-refractivity contribution in [3.05, 3.63) is 21.2 Å². The average molecular weight is 316 g/mol. The molecule has 2 bridgehead atoms. The molecule has 0 aromatic heterocycles. The van der Waals surface area contributed by atoms with E-state index in [9.17, 15) is 4.79 Å². The predicted molar refractivity (Wildman–Crippen MR) is 76.7 cm³/mol. The van der Waals surface area contributed by atoms with Crippen molar-refractivity contribution in [1.82, 2.24) is 0 Å². The molecule has 1 saturated carbocycles. The molecule has 0 N–H and O–H groups in total. The summed E-state index contributed by atoms with van der Waals surface area (Å²) in [6.45, 7) is 0. The van der Waals surface area contributed by atoms with Crippen LogP contribution in [-0.2, 0) is 9.57 Å². The van der Waals surface area contributed by atoms with Crippen LogP contribution in [0.25, 0.3) is 0 Å². The van der Waals surface area contributed by atoms with Crippen LogP contribution in [0.1, 0.15) is 32.1 Å². The third-order valence-electron chi connectivity index (χ3n) is 4.40. The van der Waals surface area contributed by atoms with Crippen LogP contribution >= 0.6 is 23.2 Å². The van der Waals surface area contributed by atoms with Crippen molar-refractivity contribution >= 4 is 35.1 Å². The van der Waals surface area contributed by atoms with Gasteiger partial charge in [0.1, 0.15) is 4.49 Å². The maximum atomic E-state index is 11.1. The third kappa shape index (κ3) is 2.15. The number of halogens is 2. The molecule has 20 heavy (non-hydrogen) atoms. The van der Waals surface area contributed by atoms with Gasteiger partial charge in [-0.05, 0) is 43.3 Å². The summed E-state index contributed by atoms with van der Waals surface area (Å²) in [5.74, 6) is 0.615. The fraction of sp³-hybridized carbons (Fsp3) is 0.571. The van der Waals surface area contributed by atoms with Gasteiger partial charge in [0.25, 0.3) is 0 Å². The van der Waals surface area contributed by atoms with Gasteiger partial charge < -0.3 is 4.74 Å². The Kier molecular flexibility index (Phi) is 3.78. The van der Waals surface area contributed by atoms with E-state index in [4.69, 9.17) is 28.0 Å². The van der Waals surface area contributed by atoms with Gasteiger partial charge in [0.2, 0.25) is 0 Å². The Balaban J connectivity index is 1.94. The molecule has 0 radical (unpaired) electrons. The second kappa shape index (κ2) is 5.41. The standard InChI is InChI=1S/C14H15Cl2NO3/c1-19-14(18)20-17-10-4-2-3-7-8-5-6-9(11(7)10)12(8)13(15)16/h8-9H,2-6H2,1H3/b17-10+. The van der Waals surface area contributed by atoms with Crippen LogP contribution in [-0.4, -0.2) is 19.0 Å². The zero-order chi connectivity index (χ0) is 14.3. The number of fused-ring (bicyclic) bond motifs is 4. The van der Waals surface area contributed by atoms with Crippen LogP contribution in [0.2, 0.25) is 0 Å². The van der Waals surface area contributed by atoms with Crippen LogP contribution in [0, 0.1) is 11.8 Å². The van der Waals surface area contributed by atoms with E-state index in [1.807, 2.05) is 0 Å². The molecule has 108 valence electrons. The Bertz CT molecular complexity index is 547. The minimum atomic E-state index is -0.792. The summed E-state index contributed by atoms with van der Waals surface area (Å²) in [5, 5.41) is 3.98. The average Bonchev–Trinajstić information content (AvgIpc) is 3.01. The molecule has 2 atom stereocenters. The van der Waals surface area contributed by atoms with Gasteiger partial charge in [-0.1, -0.05) is 33.9 Å². The van der Waals surface area contributed by atoms with Crippen LogP contribution in [0.3, 0.4) is 0 Å². The number of ether oxygens (including phenoxy) is 1. The van der Waals surface area contributed by atoms with Crippen molar-refractivity contribution in [1.29, 1.82) is 0 Å². The van der Waals surface area contributed by atoms with Gasteiger partial charge in [-0.2, -0.15) is 0 Å². The summed E-state index contributed by atoms with van der Waals surface area (Å²) in [6.07, 6.45) is 4.23. The summed E-state index contributed by atoms with van der Waals surface area (Å²) in [5.41, 5.74) is 4.56. The van der Waals surface area contributed by atoms with E-state index < -0.39 is 6.16 Å². The minimum absolute atomic E-state index is 0.250. The summed E-state index contributed by atoms with van der Waals surface area (Å²) >= 11 is 12.1. The van der Waals surface area contributed by atoms with E-state index in [-0.39, 0.29) is 5.92 Å². The quantitative estimate of drug-likeness (QED) is 0.411. The number of methoxy groups -OCH3 is 1. The highest BCUT2D eigenvalue weighted by Crippen LogP contribution is 2.57. The summed E-state index contributed by atoms with van der Waals surface area (Å²) < 4.78 is 4.83. The monoisotopic (exact) mass is 315 g/mol. The highest BCUT2D eigenvalue weighted by atomic mass is 35.5. The summed E-state index contributed by atoms with van der Waals surface area (Å²) in [7, 11) is 1.26. The molecular formula is C14H15Cl2NO3. The van der Waals surface area contributed by atoms with E-state index in [1.165, 1.54) is 18.3 Å². The normalized spacial score (nSPS) is 29.8. The molecule has 3 aliphatic carbocycles. The van der Waals surface area contributed by atoms with E-state index in [1.54, 1.807) is 0 Å². The van der Waals surface area contributed by atoms with E-state index in [2.05, 4.69) is 9.89 Å². The molecule has 0 aliphatic heterocycles. The van der Waals surface area contributed by atoms with E-state index >= 15 is 0 Å². The second-order valence-corrected chi connectivity index (χ2v) is 6.22. The first-order valence-corrected chi connectivity index (χ1v) is 7.49. The van der Waals surface area contributed by atoms with Crippen molar-refractivity contribution in [3.8, 4) is 0 Å². The number of oxime groups is 1. The Morgan fingerprint density at radius 1 is 1.25 bits per heavy atom. The number of hydrogen-bond acceptors (Lipinski definition) is 4. The van der Waals surface area contributed by atoms with Crippen molar-refractivity contribution in [3.63, 3.8) is 0 Å². The second-order valence-electron chi connectivity index (χ2n) is 5.27. The molecule has 6 heteroatoms. The maximum Gasteiger partial charge on any atom is 0.534 e. The highest BCUT2D eigenvalue weighted by molar-refractivity contribution is 6.56. The largest absolute Gasteiger partial charge is 0.534 e. The zero-order valence-corrected chi connectivity index (χ0v) is 12.6. The maximum absolute atomic E-state index is 11.1. The molecule has 0 aromatic carbocycles. The number of allylic oxidation sites excluding steroid dienone is 3. The molecule has 1 fully saturated rings. The lowest BCUT2D eigenvalue weighted by molar-refractivity contribution is 0.0751. The Morgan fingerprint density at radius 3 is 2.70 bits per heavy atom. The fourth-order valence-electron chi connectivity index (χ4n) is 3.72. The van der Waals surface area contributed by atoms with Crippen LogP contribution < -0.4 is 0 Å². The van der Waals surface area contributed by atoms with Crippen molar-refractivity contribution in [2.24, 2.45) is 17.0 Å². The minimum Gasteiger partial charge on any atom is -0.436 e. The van der Waals surface area contributed by atoms with Gasteiger partial charge in [-0.15, -0.1) is 0 Å². The summed E-state index contributed by atoms with van der Waals surface area (Å²) in [6, 6.07) is 0. The van der Waals surface area contributed by atoms with Gasteiger partial charge in [-0.25, -0.2) is 4.79 Å². The Morgan fingerprint density at radius 2 is 2.00 bits per heavy atom. The topological polar surface area (TPSA) is 47.9 Å². The third-order valence-corrected chi connectivity index (χ3v) is 4.83. The molecule has 0 spiro atoms. The molecular weight excluding hydrogens is 301 g/mol. The number of carbonyl (C=O) groups is 1. The predicted octanol–water partition coefficient (Wildman–Crippen LogP) is 4.33. The van der Waals surface area contributed by atoms with Gasteiger partial charge in [0, 0.05) is 11.8 Å². The lowest BCUT2D eigenvalue weighted by Gasteiger charge is -2.24. The van der Waals surface area contributed by atoms with E-state index in [0.29, 0.717) is 10.4 Å². The van der Waals surface area contributed by atoms with Gasteiger partial charge in [-0.3, -0.25) is 4.84 Å². The van der Waals surface area contributed by atoms with Crippen molar-refractivity contribution in [2.45, 2.75) is 32.1 Å². The number of rotatable bonds is 1. The van der Waals surface area contributed by atoms with Crippen LogP contribution in [0.15, 0.2) is 26.4 Å². The number of nitrogens with zero attached hydrogens (tertiary/aromatic N) is 1. The molecule has 3 aliphatic rings. The Labute approximate surface area is 127 Å². The summed E-state index contributed by atoms with van der Waals surface area (Å²) in [4.78, 5) is 15.8. The first-order valence-electron chi connectivity index (χ1n) is 6.73. The highest BCUT2D eigenvalue weighted by Gasteiger charge is 2.47. The van der Waals surface area contributed by atoms with Crippen LogP contribution in [0.5, 0.6) is 0 Å². The SMILES string of the molecule is COC(=O)O/N=C1\CCCC2=C1C1CCC2C1=C(Cl)Cl. The van der Waals surface area contributed by atoms with Gasteiger partial charge in [0.15, 0.2) is 0 Å².